The predicted molar refractivity (Wildman–Crippen MR) is 107 cm³/mol. The molecule has 0 spiro atoms. The van der Waals surface area contributed by atoms with E-state index in [1.54, 1.807) is 24.7 Å². The fraction of sp³-hybridized carbons (Fsp3) is 0.364. The first-order valence-electron chi connectivity index (χ1n) is 9.61. The minimum Gasteiger partial charge on any atom is -0.497 e. The summed E-state index contributed by atoms with van der Waals surface area (Å²) >= 11 is 0. The molecule has 1 aliphatic rings. The second kappa shape index (κ2) is 9.82. The molecule has 0 atom stereocenters. The zero-order chi connectivity index (χ0) is 20.6. The molecule has 7 heteroatoms. The van der Waals surface area contributed by atoms with E-state index in [9.17, 15) is 9.59 Å². The average Bonchev–Trinajstić information content (AvgIpc) is 3.22. The average molecular weight is 399 g/mol. The van der Waals surface area contributed by atoms with Crippen molar-refractivity contribution in [3.8, 4) is 11.5 Å². The van der Waals surface area contributed by atoms with Crippen molar-refractivity contribution in [3.63, 3.8) is 0 Å². The zero-order valence-electron chi connectivity index (χ0n) is 16.7. The molecule has 0 bridgehead atoms. The molecule has 3 rings (SSSR count). The molecular formula is C22H25NO6. The van der Waals surface area contributed by atoms with Gasteiger partial charge in [-0.1, -0.05) is 12.1 Å². The normalized spacial score (nSPS) is 13.0. The Bertz CT molecular complexity index is 929. The third-order valence-corrected chi connectivity index (χ3v) is 4.58. The lowest BCUT2D eigenvalue weighted by molar-refractivity contribution is -0.142. The Morgan fingerprint density at radius 2 is 1.93 bits per heavy atom. The predicted octanol–water partition coefficient (Wildman–Crippen LogP) is 2.85. The van der Waals surface area contributed by atoms with Gasteiger partial charge in [-0.3, -0.25) is 4.79 Å². The van der Waals surface area contributed by atoms with Crippen molar-refractivity contribution in [2.24, 2.45) is 0 Å². The van der Waals surface area contributed by atoms with Crippen molar-refractivity contribution >= 4 is 5.97 Å². The number of nitrogens with zero attached hydrogens (tertiary/aromatic N) is 1. The van der Waals surface area contributed by atoms with Crippen LogP contribution in [-0.4, -0.2) is 30.9 Å². The van der Waals surface area contributed by atoms with E-state index in [0.29, 0.717) is 6.54 Å². The van der Waals surface area contributed by atoms with Gasteiger partial charge in [-0.05, 0) is 49.6 Å². The van der Waals surface area contributed by atoms with Crippen molar-refractivity contribution in [3.05, 3.63) is 69.8 Å². The third-order valence-electron chi connectivity index (χ3n) is 4.58. The van der Waals surface area contributed by atoms with Crippen LogP contribution in [0, 0.1) is 0 Å². The Kier molecular flexibility index (Phi) is 6.94. The largest absolute Gasteiger partial charge is 0.497 e. The number of aryl methyl sites for hydroxylation is 1. The number of ether oxygens (including phenoxy) is 4. The van der Waals surface area contributed by atoms with Gasteiger partial charge in [0.2, 0.25) is 5.76 Å². The molecule has 0 saturated heterocycles. The number of aromatic nitrogens is 1. The summed E-state index contributed by atoms with van der Waals surface area (Å²) in [5.74, 6) is 0.466. The zero-order valence-corrected chi connectivity index (χ0v) is 16.7. The van der Waals surface area contributed by atoms with Crippen molar-refractivity contribution in [2.75, 3.05) is 20.3 Å². The molecule has 0 N–H and O–H groups in total. The SMILES string of the molecule is CCOC(=O)C(=CCOc1ccc2n(c1=O)CCC2)OCc1ccc(OC)cc1. The number of methoxy groups -OCH3 is 1. The molecule has 0 amide bonds. The van der Waals surface area contributed by atoms with Gasteiger partial charge >= 0.3 is 5.97 Å². The van der Waals surface area contributed by atoms with Crippen LogP contribution < -0.4 is 15.0 Å². The summed E-state index contributed by atoms with van der Waals surface area (Å²) in [7, 11) is 1.60. The monoisotopic (exact) mass is 399 g/mol. The lowest BCUT2D eigenvalue weighted by atomic mass is 10.2. The summed E-state index contributed by atoms with van der Waals surface area (Å²) in [5.41, 5.74) is 1.75. The molecule has 0 aliphatic carbocycles. The number of hydrogen-bond acceptors (Lipinski definition) is 6. The highest BCUT2D eigenvalue weighted by molar-refractivity contribution is 5.86. The lowest BCUT2D eigenvalue weighted by Crippen LogP contribution is -2.21. The van der Waals surface area contributed by atoms with E-state index in [1.165, 1.54) is 6.08 Å². The van der Waals surface area contributed by atoms with E-state index in [0.717, 1.165) is 29.8 Å². The van der Waals surface area contributed by atoms with Crippen LogP contribution in [0.25, 0.3) is 0 Å². The molecule has 29 heavy (non-hydrogen) atoms. The third kappa shape index (κ3) is 5.19. The fourth-order valence-corrected chi connectivity index (χ4v) is 3.08. The molecule has 154 valence electrons. The van der Waals surface area contributed by atoms with Gasteiger partial charge in [0.25, 0.3) is 5.56 Å². The summed E-state index contributed by atoms with van der Waals surface area (Å²) < 4.78 is 23.1. The fourth-order valence-electron chi connectivity index (χ4n) is 3.08. The number of pyridine rings is 1. The maximum Gasteiger partial charge on any atom is 0.373 e. The number of carbonyl (C=O) groups is 1. The van der Waals surface area contributed by atoms with E-state index in [4.69, 9.17) is 18.9 Å². The van der Waals surface area contributed by atoms with Gasteiger partial charge in [-0.25, -0.2) is 4.79 Å². The molecule has 1 aliphatic heterocycles. The smallest absolute Gasteiger partial charge is 0.373 e. The maximum absolute atomic E-state index is 12.4. The minimum atomic E-state index is -0.574. The topological polar surface area (TPSA) is 76.0 Å². The first kappa shape index (κ1) is 20.5. The van der Waals surface area contributed by atoms with E-state index in [2.05, 4.69) is 0 Å². The van der Waals surface area contributed by atoms with Crippen LogP contribution in [-0.2, 0) is 33.8 Å². The molecular weight excluding hydrogens is 374 g/mol. The lowest BCUT2D eigenvalue weighted by Gasteiger charge is -2.11. The second-order valence-corrected chi connectivity index (χ2v) is 6.49. The van der Waals surface area contributed by atoms with E-state index < -0.39 is 5.97 Å². The number of benzene rings is 1. The molecule has 0 fully saturated rings. The molecule has 2 heterocycles. The number of fused-ring (bicyclic) bond motifs is 1. The van der Waals surface area contributed by atoms with E-state index in [1.807, 2.05) is 30.3 Å². The van der Waals surface area contributed by atoms with Crippen LogP contribution >= 0.6 is 0 Å². The Morgan fingerprint density at radius 1 is 1.14 bits per heavy atom. The van der Waals surface area contributed by atoms with Gasteiger partial charge in [0, 0.05) is 18.3 Å². The van der Waals surface area contributed by atoms with Crippen LogP contribution in [0.5, 0.6) is 11.5 Å². The van der Waals surface area contributed by atoms with Gasteiger partial charge in [-0.15, -0.1) is 0 Å². The van der Waals surface area contributed by atoms with Crippen LogP contribution in [0.1, 0.15) is 24.6 Å². The number of esters is 1. The maximum atomic E-state index is 12.4. The molecule has 0 radical (unpaired) electrons. The van der Waals surface area contributed by atoms with Gasteiger partial charge < -0.3 is 23.5 Å². The van der Waals surface area contributed by atoms with Crippen LogP contribution in [0.2, 0.25) is 0 Å². The summed E-state index contributed by atoms with van der Waals surface area (Å²) in [6, 6.07) is 10.9. The highest BCUT2D eigenvalue weighted by Gasteiger charge is 2.16. The van der Waals surface area contributed by atoms with Crippen LogP contribution in [0.15, 0.2) is 53.0 Å². The molecule has 0 unspecified atom stereocenters. The second-order valence-electron chi connectivity index (χ2n) is 6.49. The molecule has 2 aromatic rings. The Hall–Kier alpha value is -3.22. The molecule has 1 aromatic heterocycles. The summed E-state index contributed by atoms with van der Waals surface area (Å²) in [4.78, 5) is 24.6. The molecule has 0 saturated carbocycles. The van der Waals surface area contributed by atoms with Crippen LogP contribution in [0.3, 0.4) is 0 Å². The summed E-state index contributed by atoms with van der Waals surface area (Å²) in [5, 5.41) is 0. The number of hydrogen-bond donors (Lipinski definition) is 0. The standard InChI is InChI=1S/C22H25NO6/c1-3-27-22(25)20(29-15-16-6-9-18(26-2)10-7-16)12-14-28-19-11-8-17-5-4-13-23(17)21(19)24/h6-12H,3-5,13-15H2,1-2H3. The summed E-state index contributed by atoms with van der Waals surface area (Å²) in [6.07, 6.45) is 3.35. The number of carbonyl (C=O) groups excluding carboxylic acids is 1. The quantitative estimate of drug-likeness (QED) is 0.367. The van der Waals surface area contributed by atoms with Gasteiger partial charge in [0.15, 0.2) is 5.75 Å². The number of rotatable bonds is 9. The van der Waals surface area contributed by atoms with Crippen molar-refractivity contribution in [1.29, 1.82) is 0 Å². The van der Waals surface area contributed by atoms with Crippen molar-refractivity contribution < 1.29 is 23.7 Å². The van der Waals surface area contributed by atoms with Gasteiger partial charge in [0.05, 0.1) is 13.7 Å². The van der Waals surface area contributed by atoms with Crippen LogP contribution in [0.4, 0.5) is 0 Å². The molecule has 1 aromatic carbocycles. The first-order chi connectivity index (χ1) is 14.1. The first-order valence-corrected chi connectivity index (χ1v) is 9.61. The Labute approximate surface area is 169 Å². The van der Waals surface area contributed by atoms with E-state index in [-0.39, 0.29) is 36.9 Å². The van der Waals surface area contributed by atoms with E-state index >= 15 is 0 Å². The van der Waals surface area contributed by atoms with Crippen molar-refractivity contribution in [2.45, 2.75) is 32.9 Å². The van der Waals surface area contributed by atoms with Gasteiger partial charge in [0.1, 0.15) is 19.0 Å². The highest BCUT2D eigenvalue weighted by Crippen LogP contribution is 2.16. The van der Waals surface area contributed by atoms with Crippen molar-refractivity contribution in [1.82, 2.24) is 4.57 Å². The summed E-state index contributed by atoms with van der Waals surface area (Å²) in [6.45, 7) is 2.87. The molecule has 7 nitrogen and oxygen atoms in total. The Morgan fingerprint density at radius 3 is 2.66 bits per heavy atom. The highest BCUT2D eigenvalue weighted by atomic mass is 16.6. The minimum absolute atomic E-state index is 0.0192. The van der Waals surface area contributed by atoms with Gasteiger partial charge in [-0.2, -0.15) is 0 Å². The Balaban J connectivity index is 1.65.